The van der Waals surface area contributed by atoms with E-state index in [0.29, 0.717) is 42.1 Å². The third-order valence-electron chi connectivity index (χ3n) is 10.0. The average molecular weight is 390 g/mol. The molecule has 158 valence electrons. The van der Waals surface area contributed by atoms with Crippen molar-refractivity contribution in [3.63, 3.8) is 0 Å². The van der Waals surface area contributed by atoms with Crippen LogP contribution in [0, 0.1) is 46.3 Å². The molecule has 2 N–H and O–H groups in total. The van der Waals surface area contributed by atoms with Crippen molar-refractivity contribution in [3.8, 4) is 0 Å². The minimum absolute atomic E-state index is 0.252. The minimum atomic E-state index is -0.658. The molecule has 3 aliphatic carbocycles. The van der Waals surface area contributed by atoms with Crippen LogP contribution in [0.15, 0.2) is 0 Å². The number of carbonyl (C=O) groups is 2. The van der Waals surface area contributed by atoms with Gasteiger partial charge >= 0.3 is 5.97 Å². The van der Waals surface area contributed by atoms with Crippen LogP contribution in [0.25, 0.3) is 0 Å². The van der Waals surface area contributed by atoms with Crippen LogP contribution in [-0.2, 0) is 9.59 Å². The molecule has 0 bridgehead atoms. The summed E-state index contributed by atoms with van der Waals surface area (Å²) in [4.78, 5) is 23.1. The lowest BCUT2D eigenvalue weighted by atomic mass is 9.44. The third-order valence-corrected chi connectivity index (χ3v) is 10.0. The molecule has 0 spiro atoms. The number of rotatable bonds is 4. The fraction of sp³-hybridized carbons (Fsp3) is 0.917. The highest BCUT2D eigenvalue weighted by molar-refractivity contribution is 5.77. The molecule has 0 aromatic carbocycles. The number of nitrogens with one attached hydrogen (secondary N) is 1. The quantitative estimate of drug-likeness (QED) is 0.721. The van der Waals surface area contributed by atoms with Gasteiger partial charge in [0.25, 0.3) is 0 Å². The number of piperidine rings is 1. The van der Waals surface area contributed by atoms with Crippen LogP contribution in [-0.4, -0.2) is 23.0 Å². The highest BCUT2D eigenvalue weighted by atomic mass is 16.4. The van der Waals surface area contributed by atoms with E-state index in [-0.39, 0.29) is 11.3 Å². The van der Waals surface area contributed by atoms with Crippen LogP contribution in [0.5, 0.6) is 0 Å². The largest absolute Gasteiger partial charge is 0.481 e. The van der Waals surface area contributed by atoms with Gasteiger partial charge in [0.15, 0.2) is 0 Å². The molecule has 1 amide bonds. The maximum Gasteiger partial charge on any atom is 0.303 e. The molecule has 1 saturated heterocycles. The first-order chi connectivity index (χ1) is 13.2. The number of hydrogen-bond acceptors (Lipinski definition) is 2. The van der Waals surface area contributed by atoms with E-state index in [9.17, 15) is 9.59 Å². The van der Waals surface area contributed by atoms with E-state index in [1.807, 2.05) is 0 Å². The minimum Gasteiger partial charge on any atom is -0.481 e. The molecule has 4 fully saturated rings. The maximum atomic E-state index is 12.0. The summed E-state index contributed by atoms with van der Waals surface area (Å²) in [5.41, 5.74) is 0.633. The van der Waals surface area contributed by atoms with Crippen molar-refractivity contribution in [3.05, 3.63) is 0 Å². The van der Waals surface area contributed by atoms with Crippen LogP contribution >= 0.6 is 0 Å². The first-order valence-corrected chi connectivity index (χ1v) is 11.7. The van der Waals surface area contributed by atoms with E-state index in [2.05, 4.69) is 33.0 Å². The van der Waals surface area contributed by atoms with Gasteiger partial charge in [0, 0.05) is 18.9 Å². The summed E-state index contributed by atoms with van der Waals surface area (Å²) in [7, 11) is 0. The van der Waals surface area contributed by atoms with E-state index in [1.165, 1.54) is 25.7 Å². The van der Waals surface area contributed by atoms with E-state index in [0.717, 1.165) is 37.0 Å². The fourth-order valence-electron chi connectivity index (χ4n) is 8.57. The zero-order chi connectivity index (χ0) is 20.3. The Morgan fingerprint density at radius 2 is 1.89 bits per heavy atom. The molecule has 0 aromatic rings. The highest BCUT2D eigenvalue weighted by Crippen LogP contribution is 2.67. The Morgan fingerprint density at radius 3 is 2.61 bits per heavy atom. The molecule has 0 unspecified atom stereocenters. The molecule has 4 rings (SSSR count). The molecule has 9 atom stereocenters. The Bertz CT molecular complexity index is 648. The monoisotopic (exact) mass is 389 g/mol. The zero-order valence-corrected chi connectivity index (χ0v) is 18.2. The predicted molar refractivity (Wildman–Crippen MR) is 110 cm³/mol. The molecule has 28 heavy (non-hydrogen) atoms. The summed E-state index contributed by atoms with van der Waals surface area (Å²) in [6, 6.07) is 0.362. The predicted octanol–water partition coefficient (Wildman–Crippen LogP) is 4.87. The van der Waals surface area contributed by atoms with Gasteiger partial charge in [-0.05, 0) is 91.3 Å². The van der Waals surface area contributed by atoms with Crippen molar-refractivity contribution in [2.45, 2.75) is 91.5 Å². The smallest absolute Gasteiger partial charge is 0.303 e. The molecule has 0 radical (unpaired) electrons. The first-order valence-electron chi connectivity index (χ1n) is 11.7. The van der Waals surface area contributed by atoms with E-state index < -0.39 is 5.97 Å². The van der Waals surface area contributed by atoms with Crippen LogP contribution in [0.2, 0.25) is 0 Å². The van der Waals surface area contributed by atoms with Gasteiger partial charge in [-0.3, -0.25) is 9.59 Å². The second kappa shape index (κ2) is 7.02. The fourth-order valence-corrected chi connectivity index (χ4v) is 8.57. The standard InChI is InChI=1S/C24H39NO3/c1-14(5-8-21(27)28)16-6-7-17-22-15(2)13-19-24(4,12-10-20(26)25-19)18(22)9-11-23(16,17)3/h14-19,22H,5-13H2,1-4H3,(H,25,26)(H,27,28)/t14-,15+,16-,17+,18+,19-,22+,23-,24-/m1/s1. The van der Waals surface area contributed by atoms with Crippen LogP contribution in [0.3, 0.4) is 0 Å². The van der Waals surface area contributed by atoms with E-state index in [1.54, 1.807) is 0 Å². The number of amides is 1. The molecule has 0 aromatic heterocycles. The first kappa shape index (κ1) is 20.2. The van der Waals surface area contributed by atoms with Crippen LogP contribution in [0.1, 0.15) is 85.5 Å². The maximum absolute atomic E-state index is 12.0. The average Bonchev–Trinajstić information content (AvgIpc) is 2.98. The Morgan fingerprint density at radius 1 is 1.18 bits per heavy atom. The Kier molecular flexibility index (Phi) is 5.07. The van der Waals surface area contributed by atoms with Crippen LogP contribution in [0.4, 0.5) is 0 Å². The van der Waals surface area contributed by atoms with Crippen molar-refractivity contribution in [2.24, 2.45) is 46.3 Å². The Hall–Kier alpha value is -1.06. The van der Waals surface area contributed by atoms with Crippen molar-refractivity contribution >= 4 is 11.9 Å². The number of aliphatic carboxylic acids is 1. The lowest BCUT2D eigenvalue weighted by Crippen LogP contribution is -2.63. The molecule has 3 saturated carbocycles. The number of fused-ring (bicyclic) bond motifs is 5. The van der Waals surface area contributed by atoms with Crippen molar-refractivity contribution in [2.75, 3.05) is 0 Å². The van der Waals surface area contributed by atoms with Gasteiger partial charge in [0.1, 0.15) is 0 Å². The topological polar surface area (TPSA) is 66.4 Å². The third kappa shape index (κ3) is 3.01. The molecular formula is C24H39NO3. The number of hydrogen-bond donors (Lipinski definition) is 2. The Balaban J connectivity index is 1.56. The molecule has 4 aliphatic rings. The Labute approximate surface area is 170 Å². The van der Waals surface area contributed by atoms with Crippen molar-refractivity contribution in [1.29, 1.82) is 0 Å². The van der Waals surface area contributed by atoms with Gasteiger partial charge in [-0.1, -0.05) is 27.7 Å². The molecule has 4 heteroatoms. The SMILES string of the molecule is C[C@H](CCC(=O)O)[C@H]1CC[C@H]2[C@@H]3[C@@H](C)C[C@H]4NC(=O)CC[C@]4(C)[C@H]3CC[C@]12C. The summed E-state index contributed by atoms with van der Waals surface area (Å²) >= 11 is 0. The second-order valence-electron chi connectivity index (χ2n) is 11.3. The summed E-state index contributed by atoms with van der Waals surface area (Å²) < 4.78 is 0. The summed E-state index contributed by atoms with van der Waals surface area (Å²) in [5, 5.41) is 12.5. The summed E-state index contributed by atoms with van der Waals surface area (Å²) in [5.74, 6) is 3.70. The molecule has 1 aliphatic heterocycles. The summed E-state index contributed by atoms with van der Waals surface area (Å²) in [6.07, 6.45) is 9.16. The van der Waals surface area contributed by atoms with E-state index >= 15 is 0 Å². The van der Waals surface area contributed by atoms with Crippen molar-refractivity contribution < 1.29 is 14.7 Å². The summed E-state index contributed by atoms with van der Waals surface area (Å²) in [6.45, 7) is 9.73. The van der Waals surface area contributed by atoms with Gasteiger partial charge in [0.05, 0.1) is 0 Å². The van der Waals surface area contributed by atoms with Crippen molar-refractivity contribution in [1.82, 2.24) is 5.32 Å². The van der Waals surface area contributed by atoms with Gasteiger partial charge in [-0.2, -0.15) is 0 Å². The molecule has 1 heterocycles. The van der Waals surface area contributed by atoms with Crippen LogP contribution < -0.4 is 5.32 Å². The number of carboxylic acid groups (broad SMARTS) is 1. The van der Waals surface area contributed by atoms with Gasteiger partial charge in [-0.15, -0.1) is 0 Å². The lowest BCUT2D eigenvalue weighted by Gasteiger charge is -2.62. The zero-order valence-electron chi connectivity index (χ0n) is 18.2. The number of carbonyl (C=O) groups excluding carboxylic acids is 1. The highest BCUT2D eigenvalue weighted by Gasteiger charge is 2.62. The van der Waals surface area contributed by atoms with Gasteiger partial charge in [0.2, 0.25) is 5.91 Å². The normalized spacial score (nSPS) is 48.8. The molecular weight excluding hydrogens is 350 g/mol. The number of carboxylic acids is 1. The molecule has 4 nitrogen and oxygen atoms in total. The van der Waals surface area contributed by atoms with E-state index in [4.69, 9.17) is 5.11 Å². The lowest BCUT2D eigenvalue weighted by molar-refractivity contribution is -0.144. The second-order valence-corrected chi connectivity index (χ2v) is 11.3. The van der Waals surface area contributed by atoms with Gasteiger partial charge < -0.3 is 10.4 Å². The van der Waals surface area contributed by atoms with Gasteiger partial charge in [-0.25, -0.2) is 0 Å².